The van der Waals surface area contributed by atoms with Gasteiger partial charge < -0.3 is 15.0 Å². The Morgan fingerprint density at radius 3 is 2.10 bits per heavy atom. The highest BCUT2D eigenvalue weighted by molar-refractivity contribution is 7.92. The summed E-state index contributed by atoms with van der Waals surface area (Å²) in [6, 6.07) is 19.8. The van der Waals surface area contributed by atoms with Crippen molar-refractivity contribution in [2.24, 2.45) is 0 Å². The SMILES string of the molecule is COc1ccc(CN(C(=O)CN(c2cccc(C)c2)S(=O)(=O)c2ccc(C)cc2)[C@H](C)C(=O)NC(C)(C)C)cc1. The van der Waals surface area contributed by atoms with E-state index in [-0.39, 0.29) is 17.3 Å². The lowest BCUT2D eigenvalue weighted by atomic mass is 10.1. The van der Waals surface area contributed by atoms with Crippen LogP contribution in [0.3, 0.4) is 0 Å². The molecule has 0 unspecified atom stereocenters. The van der Waals surface area contributed by atoms with Gasteiger partial charge >= 0.3 is 0 Å². The Balaban J connectivity index is 2.03. The molecule has 9 heteroatoms. The van der Waals surface area contributed by atoms with Crippen LogP contribution < -0.4 is 14.4 Å². The number of hydrogen-bond donors (Lipinski definition) is 1. The molecule has 214 valence electrons. The van der Waals surface area contributed by atoms with Gasteiger partial charge in [-0.05, 0) is 89.1 Å². The number of anilines is 1. The maximum Gasteiger partial charge on any atom is 0.264 e. The van der Waals surface area contributed by atoms with E-state index in [4.69, 9.17) is 4.74 Å². The van der Waals surface area contributed by atoms with Gasteiger partial charge in [0.1, 0.15) is 18.3 Å². The number of carbonyl (C=O) groups excluding carboxylic acids is 2. The van der Waals surface area contributed by atoms with E-state index in [0.29, 0.717) is 11.4 Å². The molecule has 1 N–H and O–H groups in total. The van der Waals surface area contributed by atoms with E-state index < -0.39 is 34.1 Å². The fraction of sp³-hybridized carbons (Fsp3) is 0.355. The summed E-state index contributed by atoms with van der Waals surface area (Å²) in [6.07, 6.45) is 0. The van der Waals surface area contributed by atoms with Crippen LogP contribution in [0.15, 0.2) is 77.7 Å². The second-order valence-electron chi connectivity index (χ2n) is 10.9. The van der Waals surface area contributed by atoms with Crippen LogP contribution in [-0.2, 0) is 26.2 Å². The van der Waals surface area contributed by atoms with Gasteiger partial charge in [-0.25, -0.2) is 8.42 Å². The van der Waals surface area contributed by atoms with Crippen LogP contribution in [0, 0.1) is 13.8 Å². The molecule has 3 aromatic carbocycles. The molecule has 3 rings (SSSR count). The van der Waals surface area contributed by atoms with Crippen LogP contribution in [-0.4, -0.2) is 50.4 Å². The van der Waals surface area contributed by atoms with E-state index >= 15 is 0 Å². The summed E-state index contributed by atoms with van der Waals surface area (Å²) in [7, 11) is -2.54. The zero-order chi connectivity index (χ0) is 29.7. The van der Waals surface area contributed by atoms with Gasteiger partial charge in [0.2, 0.25) is 11.8 Å². The smallest absolute Gasteiger partial charge is 0.264 e. The molecular formula is C31H39N3O5S. The average Bonchev–Trinajstić information content (AvgIpc) is 2.89. The molecule has 0 radical (unpaired) electrons. The Kier molecular flexibility index (Phi) is 9.63. The Labute approximate surface area is 238 Å². The third kappa shape index (κ3) is 7.85. The molecule has 2 amide bonds. The van der Waals surface area contributed by atoms with E-state index in [1.807, 2.05) is 52.8 Å². The molecule has 0 fully saturated rings. The Morgan fingerprint density at radius 1 is 0.925 bits per heavy atom. The van der Waals surface area contributed by atoms with Crippen LogP contribution in [0.2, 0.25) is 0 Å². The van der Waals surface area contributed by atoms with Gasteiger partial charge in [-0.3, -0.25) is 13.9 Å². The fourth-order valence-electron chi connectivity index (χ4n) is 4.13. The standard InChI is InChI=1S/C31H39N3O5S/c1-22-11-17-28(18-12-22)40(37,38)34(26-10-8-9-23(2)19-26)21-29(35)33(24(3)30(36)32-31(4,5)6)20-25-13-15-27(39-7)16-14-25/h8-19,24H,20-21H2,1-7H3,(H,32,36)/t24-/m1/s1. The van der Waals surface area contributed by atoms with E-state index in [1.54, 1.807) is 56.5 Å². The van der Waals surface area contributed by atoms with Gasteiger partial charge in [-0.15, -0.1) is 0 Å². The molecule has 0 heterocycles. The van der Waals surface area contributed by atoms with Gasteiger partial charge in [-0.1, -0.05) is 42.0 Å². The molecular weight excluding hydrogens is 526 g/mol. The summed E-state index contributed by atoms with van der Waals surface area (Å²) < 4.78 is 34.1. The molecule has 0 spiro atoms. The number of sulfonamides is 1. The number of methoxy groups -OCH3 is 1. The highest BCUT2D eigenvalue weighted by Gasteiger charge is 2.33. The monoisotopic (exact) mass is 565 g/mol. The average molecular weight is 566 g/mol. The number of benzene rings is 3. The van der Waals surface area contributed by atoms with E-state index in [0.717, 1.165) is 21.0 Å². The summed E-state index contributed by atoms with van der Waals surface area (Å²) in [4.78, 5) is 28.7. The number of nitrogens with zero attached hydrogens (tertiary/aromatic N) is 2. The lowest BCUT2D eigenvalue weighted by molar-refractivity contribution is -0.140. The summed E-state index contributed by atoms with van der Waals surface area (Å²) in [6.45, 7) is 10.6. The minimum absolute atomic E-state index is 0.0765. The lowest BCUT2D eigenvalue weighted by Crippen LogP contribution is -2.54. The Hall–Kier alpha value is -3.85. The molecule has 0 aliphatic carbocycles. The molecule has 0 aliphatic heterocycles. The highest BCUT2D eigenvalue weighted by atomic mass is 32.2. The molecule has 0 saturated heterocycles. The number of carbonyl (C=O) groups is 2. The Morgan fingerprint density at radius 2 is 1.55 bits per heavy atom. The quantitative estimate of drug-likeness (QED) is 0.380. The molecule has 1 atom stereocenters. The van der Waals surface area contributed by atoms with Crippen molar-refractivity contribution >= 4 is 27.5 Å². The van der Waals surface area contributed by atoms with Crippen molar-refractivity contribution in [2.45, 2.75) is 64.6 Å². The second-order valence-corrected chi connectivity index (χ2v) is 12.8. The number of hydrogen-bond acceptors (Lipinski definition) is 5. The fourth-order valence-corrected chi connectivity index (χ4v) is 5.54. The number of rotatable bonds is 10. The van der Waals surface area contributed by atoms with Crippen LogP contribution >= 0.6 is 0 Å². The van der Waals surface area contributed by atoms with Crippen LogP contribution in [0.5, 0.6) is 5.75 Å². The molecule has 40 heavy (non-hydrogen) atoms. The maximum atomic E-state index is 14.0. The summed E-state index contributed by atoms with van der Waals surface area (Å²) in [5.41, 5.74) is 2.39. The third-order valence-electron chi connectivity index (χ3n) is 6.35. The molecule has 0 aliphatic rings. The van der Waals surface area contributed by atoms with Crippen molar-refractivity contribution in [1.29, 1.82) is 0 Å². The van der Waals surface area contributed by atoms with Crippen LogP contribution in [0.4, 0.5) is 5.69 Å². The minimum atomic E-state index is -4.10. The number of ether oxygens (including phenoxy) is 1. The highest BCUT2D eigenvalue weighted by Crippen LogP contribution is 2.26. The van der Waals surface area contributed by atoms with Crippen molar-refractivity contribution in [3.63, 3.8) is 0 Å². The molecule has 8 nitrogen and oxygen atoms in total. The van der Waals surface area contributed by atoms with Crippen molar-refractivity contribution in [3.8, 4) is 5.75 Å². The van der Waals surface area contributed by atoms with E-state index in [2.05, 4.69) is 5.32 Å². The van der Waals surface area contributed by atoms with Crippen molar-refractivity contribution < 1.29 is 22.7 Å². The van der Waals surface area contributed by atoms with Gasteiger partial charge in [0, 0.05) is 12.1 Å². The Bertz CT molecular complexity index is 1430. The number of nitrogens with one attached hydrogen (secondary N) is 1. The first-order valence-electron chi connectivity index (χ1n) is 13.1. The van der Waals surface area contributed by atoms with Gasteiger partial charge in [0.05, 0.1) is 17.7 Å². The summed E-state index contributed by atoms with van der Waals surface area (Å²) in [5.74, 6) is -0.183. The normalized spacial score (nSPS) is 12.4. The summed E-state index contributed by atoms with van der Waals surface area (Å²) >= 11 is 0. The topological polar surface area (TPSA) is 96.0 Å². The lowest BCUT2D eigenvalue weighted by Gasteiger charge is -2.33. The summed E-state index contributed by atoms with van der Waals surface area (Å²) in [5, 5.41) is 2.93. The first-order chi connectivity index (χ1) is 18.7. The van der Waals surface area contributed by atoms with Crippen LogP contribution in [0.1, 0.15) is 44.4 Å². The first kappa shape index (κ1) is 30.7. The predicted octanol–water partition coefficient (Wildman–Crippen LogP) is 4.84. The first-order valence-corrected chi connectivity index (χ1v) is 14.6. The molecule has 0 bridgehead atoms. The van der Waals surface area contributed by atoms with Crippen molar-refractivity contribution in [1.82, 2.24) is 10.2 Å². The zero-order valence-corrected chi connectivity index (χ0v) is 25.1. The molecule has 0 saturated carbocycles. The van der Waals surface area contributed by atoms with Crippen molar-refractivity contribution in [2.75, 3.05) is 18.0 Å². The maximum absolute atomic E-state index is 14.0. The number of aryl methyl sites for hydroxylation is 2. The van der Waals surface area contributed by atoms with E-state index in [9.17, 15) is 18.0 Å². The van der Waals surface area contributed by atoms with Crippen LogP contribution in [0.25, 0.3) is 0 Å². The van der Waals surface area contributed by atoms with E-state index in [1.165, 1.54) is 17.0 Å². The predicted molar refractivity (Wildman–Crippen MR) is 158 cm³/mol. The largest absolute Gasteiger partial charge is 0.497 e. The molecule has 0 aromatic heterocycles. The minimum Gasteiger partial charge on any atom is -0.497 e. The second kappa shape index (κ2) is 12.6. The van der Waals surface area contributed by atoms with Crippen molar-refractivity contribution in [3.05, 3.63) is 89.5 Å². The number of amides is 2. The third-order valence-corrected chi connectivity index (χ3v) is 8.14. The van der Waals surface area contributed by atoms with Gasteiger partial charge in [0.15, 0.2) is 0 Å². The zero-order valence-electron chi connectivity index (χ0n) is 24.3. The molecule has 3 aromatic rings. The van der Waals surface area contributed by atoms with Gasteiger partial charge in [0.25, 0.3) is 10.0 Å². The van der Waals surface area contributed by atoms with Gasteiger partial charge in [-0.2, -0.15) is 0 Å².